The van der Waals surface area contributed by atoms with Crippen LogP contribution in [0.5, 0.6) is 0 Å². The molecule has 7 heteroatoms. The van der Waals surface area contributed by atoms with Crippen LogP contribution in [0.15, 0.2) is 18.3 Å². The Morgan fingerprint density at radius 3 is 2.54 bits per heavy atom. The lowest BCUT2D eigenvalue weighted by atomic mass is 10.1. The first-order valence-corrected chi connectivity index (χ1v) is 9.29. The predicted molar refractivity (Wildman–Crippen MR) is 93.1 cm³/mol. The van der Waals surface area contributed by atoms with Gasteiger partial charge in [-0.3, -0.25) is 9.20 Å². The lowest BCUT2D eigenvalue weighted by Gasteiger charge is -2.17. The molecule has 0 aromatic carbocycles. The Bertz CT molecular complexity index is 774. The van der Waals surface area contributed by atoms with Crippen molar-refractivity contribution in [3.8, 4) is 0 Å². The van der Waals surface area contributed by atoms with E-state index >= 15 is 0 Å². The number of nitrogens with one attached hydrogen (secondary N) is 1. The van der Waals surface area contributed by atoms with E-state index in [1.54, 1.807) is 0 Å². The molecule has 0 atom stereocenters. The largest absolute Gasteiger partial charge is 0.417 e. The van der Waals surface area contributed by atoms with Gasteiger partial charge in [0.05, 0.1) is 11.3 Å². The minimum absolute atomic E-state index is 0.0795. The van der Waals surface area contributed by atoms with Crippen molar-refractivity contribution < 1.29 is 18.0 Å². The molecule has 3 rings (SSSR count). The summed E-state index contributed by atoms with van der Waals surface area (Å²) in [5, 5.41) is 3.03. The minimum atomic E-state index is -4.46. The number of carbonyl (C=O) groups excluding carboxylic acids is 1. The number of fused-ring (bicyclic) bond motifs is 1. The normalized spacial score (nSPS) is 16.6. The Morgan fingerprint density at radius 2 is 1.92 bits per heavy atom. The zero-order valence-electron chi connectivity index (χ0n) is 14.9. The van der Waals surface area contributed by atoms with Crippen molar-refractivity contribution in [3.05, 3.63) is 35.3 Å². The standard InChI is InChI=1S/C19H24F3N3O/c1-2-7-15-17(18(26)23-14-8-5-3-4-6-9-14)25-12-13(19(20,21)22)10-11-16(25)24-15/h10-12,14H,2-9H2,1H3,(H,23,26). The van der Waals surface area contributed by atoms with E-state index in [0.717, 1.165) is 57.2 Å². The highest BCUT2D eigenvalue weighted by atomic mass is 19.4. The second kappa shape index (κ2) is 7.68. The number of pyridine rings is 1. The van der Waals surface area contributed by atoms with E-state index in [1.807, 2.05) is 6.92 Å². The van der Waals surface area contributed by atoms with Crippen molar-refractivity contribution in [1.29, 1.82) is 0 Å². The fourth-order valence-corrected chi connectivity index (χ4v) is 3.59. The second-order valence-corrected chi connectivity index (χ2v) is 6.96. The van der Waals surface area contributed by atoms with Crippen LogP contribution in [0, 0.1) is 0 Å². The van der Waals surface area contributed by atoms with Crippen LogP contribution >= 0.6 is 0 Å². The van der Waals surface area contributed by atoms with E-state index in [9.17, 15) is 18.0 Å². The zero-order chi connectivity index (χ0) is 18.7. The molecule has 0 bridgehead atoms. The second-order valence-electron chi connectivity index (χ2n) is 6.96. The third kappa shape index (κ3) is 4.02. The number of alkyl halides is 3. The van der Waals surface area contributed by atoms with Crippen LogP contribution in [0.25, 0.3) is 5.65 Å². The van der Waals surface area contributed by atoms with Crippen molar-refractivity contribution in [2.24, 2.45) is 0 Å². The highest BCUT2D eigenvalue weighted by molar-refractivity contribution is 5.95. The summed E-state index contributed by atoms with van der Waals surface area (Å²) < 4.78 is 40.6. The summed E-state index contributed by atoms with van der Waals surface area (Å²) in [6, 6.07) is 2.41. The molecule has 0 aliphatic heterocycles. The SMILES string of the molecule is CCCc1nc2ccc(C(F)(F)F)cn2c1C(=O)NC1CCCCCC1. The Labute approximate surface area is 150 Å². The third-order valence-electron chi connectivity index (χ3n) is 4.91. The van der Waals surface area contributed by atoms with E-state index in [0.29, 0.717) is 17.8 Å². The minimum Gasteiger partial charge on any atom is -0.348 e. The van der Waals surface area contributed by atoms with Gasteiger partial charge in [0, 0.05) is 12.2 Å². The topological polar surface area (TPSA) is 46.4 Å². The molecule has 2 heterocycles. The number of carbonyl (C=O) groups is 1. The van der Waals surface area contributed by atoms with Gasteiger partial charge in [-0.1, -0.05) is 39.0 Å². The number of nitrogens with zero attached hydrogens (tertiary/aromatic N) is 2. The monoisotopic (exact) mass is 367 g/mol. The van der Waals surface area contributed by atoms with Crippen molar-refractivity contribution in [1.82, 2.24) is 14.7 Å². The fraction of sp³-hybridized carbons (Fsp3) is 0.579. The number of halogens is 3. The van der Waals surface area contributed by atoms with Crippen LogP contribution in [-0.4, -0.2) is 21.3 Å². The molecule has 2 aromatic heterocycles. The number of imidazole rings is 1. The lowest BCUT2D eigenvalue weighted by molar-refractivity contribution is -0.137. The molecule has 0 unspecified atom stereocenters. The van der Waals surface area contributed by atoms with Crippen LogP contribution in [0.1, 0.15) is 73.6 Å². The van der Waals surface area contributed by atoms with Gasteiger partial charge in [0.25, 0.3) is 5.91 Å². The molecule has 0 radical (unpaired) electrons. The molecular weight excluding hydrogens is 343 g/mol. The smallest absolute Gasteiger partial charge is 0.348 e. The summed E-state index contributed by atoms with van der Waals surface area (Å²) in [5.41, 5.74) is 0.372. The van der Waals surface area contributed by atoms with Crippen molar-refractivity contribution >= 4 is 11.6 Å². The Balaban J connectivity index is 1.97. The highest BCUT2D eigenvalue weighted by Gasteiger charge is 2.32. The molecule has 1 amide bonds. The van der Waals surface area contributed by atoms with Gasteiger partial charge in [-0.05, 0) is 31.4 Å². The van der Waals surface area contributed by atoms with Crippen LogP contribution in [0.2, 0.25) is 0 Å². The van der Waals surface area contributed by atoms with Crippen LogP contribution < -0.4 is 5.32 Å². The maximum Gasteiger partial charge on any atom is 0.417 e. The maximum atomic E-state index is 13.1. The quantitative estimate of drug-likeness (QED) is 0.792. The Hall–Kier alpha value is -2.05. The molecule has 1 fully saturated rings. The van der Waals surface area contributed by atoms with Crippen molar-refractivity contribution in [3.63, 3.8) is 0 Å². The summed E-state index contributed by atoms with van der Waals surface area (Å²) in [4.78, 5) is 17.3. The lowest BCUT2D eigenvalue weighted by Crippen LogP contribution is -2.35. The van der Waals surface area contributed by atoms with Gasteiger partial charge in [0.2, 0.25) is 0 Å². The van der Waals surface area contributed by atoms with Gasteiger partial charge < -0.3 is 5.32 Å². The molecule has 1 aliphatic carbocycles. The number of aromatic nitrogens is 2. The molecule has 26 heavy (non-hydrogen) atoms. The molecule has 0 saturated heterocycles. The first-order chi connectivity index (χ1) is 12.4. The van der Waals surface area contributed by atoms with Crippen molar-refractivity contribution in [2.75, 3.05) is 0 Å². The third-order valence-corrected chi connectivity index (χ3v) is 4.91. The average Bonchev–Trinajstić information content (AvgIpc) is 2.74. The Morgan fingerprint density at radius 1 is 1.23 bits per heavy atom. The molecular formula is C19H24F3N3O. The predicted octanol–water partition coefficient (Wildman–Crippen LogP) is 4.76. The summed E-state index contributed by atoms with van der Waals surface area (Å²) in [7, 11) is 0. The molecule has 1 saturated carbocycles. The van der Waals surface area contributed by atoms with E-state index < -0.39 is 11.7 Å². The van der Waals surface area contributed by atoms with Gasteiger partial charge >= 0.3 is 6.18 Å². The first kappa shape index (κ1) is 18.7. The first-order valence-electron chi connectivity index (χ1n) is 9.29. The molecule has 1 aliphatic rings. The summed E-state index contributed by atoms with van der Waals surface area (Å²) in [5.74, 6) is -0.327. The van der Waals surface area contributed by atoms with E-state index in [4.69, 9.17) is 0 Å². The summed E-state index contributed by atoms with van der Waals surface area (Å²) in [6.07, 6.45) is 4.13. The fourth-order valence-electron chi connectivity index (χ4n) is 3.59. The van der Waals surface area contributed by atoms with Gasteiger partial charge in [-0.2, -0.15) is 13.2 Å². The number of aryl methyl sites for hydroxylation is 1. The van der Waals surface area contributed by atoms with Gasteiger partial charge in [0.1, 0.15) is 11.3 Å². The number of hydrogen-bond donors (Lipinski definition) is 1. The maximum absolute atomic E-state index is 13.1. The molecule has 0 spiro atoms. The number of rotatable bonds is 4. The van der Waals surface area contributed by atoms with Crippen LogP contribution in [-0.2, 0) is 12.6 Å². The molecule has 2 aromatic rings. The highest BCUT2D eigenvalue weighted by Crippen LogP contribution is 2.30. The van der Waals surface area contributed by atoms with Gasteiger partial charge in [-0.15, -0.1) is 0 Å². The van der Waals surface area contributed by atoms with Gasteiger partial charge in [-0.25, -0.2) is 4.98 Å². The molecule has 1 N–H and O–H groups in total. The van der Waals surface area contributed by atoms with Gasteiger partial charge in [0.15, 0.2) is 0 Å². The summed E-state index contributed by atoms with van der Waals surface area (Å²) >= 11 is 0. The number of hydrogen-bond acceptors (Lipinski definition) is 2. The zero-order valence-corrected chi connectivity index (χ0v) is 14.9. The molecule has 4 nitrogen and oxygen atoms in total. The van der Waals surface area contributed by atoms with Crippen LogP contribution in [0.4, 0.5) is 13.2 Å². The van der Waals surface area contributed by atoms with Crippen LogP contribution in [0.3, 0.4) is 0 Å². The summed E-state index contributed by atoms with van der Waals surface area (Å²) in [6.45, 7) is 1.96. The van der Waals surface area contributed by atoms with E-state index in [2.05, 4.69) is 10.3 Å². The molecule has 142 valence electrons. The van der Waals surface area contributed by atoms with E-state index in [1.165, 1.54) is 10.5 Å². The number of amides is 1. The Kier molecular flexibility index (Phi) is 5.53. The van der Waals surface area contributed by atoms with E-state index in [-0.39, 0.29) is 17.6 Å². The van der Waals surface area contributed by atoms with Crippen molar-refractivity contribution in [2.45, 2.75) is 70.5 Å². The average molecular weight is 367 g/mol.